The van der Waals surface area contributed by atoms with Crippen LogP contribution < -0.4 is 5.32 Å². The van der Waals surface area contributed by atoms with Gasteiger partial charge in [0.15, 0.2) is 0 Å². The highest BCUT2D eigenvalue weighted by Gasteiger charge is 2.28. The number of nitrogens with one attached hydrogen (secondary N) is 1. The van der Waals surface area contributed by atoms with E-state index >= 15 is 0 Å². The first-order valence-corrected chi connectivity index (χ1v) is 6.17. The second-order valence-corrected chi connectivity index (χ2v) is 4.67. The van der Waals surface area contributed by atoms with E-state index in [0.29, 0.717) is 12.1 Å². The van der Waals surface area contributed by atoms with Crippen molar-refractivity contribution >= 4 is 0 Å². The molecule has 1 aliphatic heterocycles. The molecule has 0 saturated carbocycles. The fourth-order valence-electron chi connectivity index (χ4n) is 2.31. The van der Waals surface area contributed by atoms with Crippen molar-refractivity contribution in [3.05, 3.63) is 18.0 Å². The normalized spacial score (nSPS) is 18.8. The van der Waals surface area contributed by atoms with E-state index < -0.39 is 0 Å². The molecule has 90 valence electrons. The molecule has 1 atom stereocenters. The van der Waals surface area contributed by atoms with Crippen LogP contribution >= 0.6 is 0 Å². The molecule has 2 rings (SSSR count). The summed E-state index contributed by atoms with van der Waals surface area (Å²) in [6.45, 7) is 7.96. The van der Waals surface area contributed by atoms with Crippen LogP contribution in [0.5, 0.6) is 0 Å². The van der Waals surface area contributed by atoms with E-state index in [0.717, 1.165) is 13.1 Å². The zero-order chi connectivity index (χ0) is 11.5. The molecule has 1 unspecified atom stereocenters. The lowest BCUT2D eigenvalue weighted by Gasteiger charge is -2.41. The highest BCUT2D eigenvalue weighted by molar-refractivity contribution is 5.10. The van der Waals surface area contributed by atoms with Gasteiger partial charge >= 0.3 is 0 Å². The molecular formula is C12H22N4. The largest absolute Gasteiger partial charge is 0.314 e. The topological polar surface area (TPSA) is 33.1 Å². The van der Waals surface area contributed by atoms with E-state index in [2.05, 4.69) is 35.4 Å². The van der Waals surface area contributed by atoms with Gasteiger partial charge in [-0.15, -0.1) is 0 Å². The van der Waals surface area contributed by atoms with Crippen molar-refractivity contribution in [3.63, 3.8) is 0 Å². The van der Waals surface area contributed by atoms with Crippen molar-refractivity contribution in [2.24, 2.45) is 7.05 Å². The van der Waals surface area contributed by atoms with Gasteiger partial charge < -0.3 is 5.32 Å². The molecule has 0 amide bonds. The van der Waals surface area contributed by atoms with E-state index in [1.807, 2.05) is 17.9 Å². The molecule has 1 saturated heterocycles. The molecule has 1 aromatic rings. The van der Waals surface area contributed by atoms with E-state index in [-0.39, 0.29) is 0 Å². The minimum atomic E-state index is 0.473. The van der Waals surface area contributed by atoms with Crippen LogP contribution in [0.1, 0.15) is 31.9 Å². The molecule has 1 N–H and O–H groups in total. The average Bonchev–Trinajstić information content (AvgIpc) is 2.60. The van der Waals surface area contributed by atoms with Gasteiger partial charge in [0.2, 0.25) is 0 Å². The maximum atomic E-state index is 4.26. The van der Waals surface area contributed by atoms with Crippen molar-refractivity contribution in [2.45, 2.75) is 32.4 Å². The lowest BCUT2D eigenvalue weighted by Crippen LogP contribution is -2.57. The zero-order valence-electron chi connectivity index (χ0n) is 10.5. The molecule has 0 spiro atoms. The van der Waals surface area contributed by atoms with E-state index in [1.165, 1.54) is 18.5 Å². The Labute approximate surface area is 97.6 Å². The van der Waals surface area contributed by atoms with Gasteiger partial charge in [-0.2, -0.15) is 5.10 Å². The average molecular weight is 222 g/mol. The number of aromatic nitrogens is 2. The molecule has 1 aromatic heterocycles. The number of rotatable bonds is 5. The van der Waals surface area contributed by atoms with E-state index in [1.54, 1.807) is 0 Å². The summed E-state index contributed by atoms with van der Waals surface area (Å²) in [4.78, 5) is 2.59. The van der Waals surface area contributed by atoms with Crippen molar-refractivity contribution in [1.82, 2.24) is 20.0 Å². The molecule has 0 aromatic carbocycles. The van der Waals surface area contributed by atoms with Gasteiger partial charge in [-0.3, -0.25) is 9.58 Å². The van der Waals surface area contributed by atoms with Crippen molar-refractivity contribution in [2.75, 3.05) is 19.6 Å². The van der Waals surface area contributed by atoms with E-state index in [4.69, 9.17) is 0 Å². The summed E-state index contributed by atoms with van der Waals surface area (Å²) in [6, 6.07) is 1.18. The number of hydrogen-bond donors (Lipinski definition) is 1. The van der Waals surface area contributed by atoms with Crippen LogP contribution in [0, 0.1) is 0 Å². The van der Waals surface area contributed by atoms with Crippen LogP contribution in [0.25, 0.3) is 0 Å². The molecular weight excluding hydrogens is 200 g/mol. The van der Waals surface area contributed by atoms with Gasteiger partial charge in [-0.25, -0.2) is 0 Å². The number of hydrogen-bond acceptors (Lipinski definition) is 3. The number of nitrogens with zero attached hydrogens (tertiary/aromatic N) is 3. The minimum Gasteiger partial charge on any atom is -0.314 e. The summed E-state index contributed by atoms with van der Waals surface area (Å²) in [5, 5.41) is 7.61. The Morgan fingerprint density at radius 3 is 2.81 bits per heavy atom. The summed E-state index contributed by atoms with van der Waals surface area (Å²) < 4.78 is 1.88. The Balaban J connectivity index is 2.06. The highest BCUT2D eigenvalue weighted by Crippen LogP contribution is 2.23. The Morgan fingerprint density at radius 2 is 2.38 bits per heavy atom. The zero-order valence-corrected chi connectivity index (χ0v) is 10.5. The predicted molar refractivity (Wildman–Crippen MR) is 65.3 cm³/mol. The molecule has 1 aliphatic rings. The van der Waals surface area contributed by atoms with Crippen LogP contribution in [-0.4, -0.2) is 40.4 Å². The van der Waals surface area contributed by atoms with E-state index in [9.17, 15) is 0 Å². The molecule has 16 heavy (non-hydrogen) atoms. The first kappa shape index (κ1) is 11.6. The van der Waals surface area contributed by atoms with Gasteiger partial charge in [0.05, 0.1) is 6.20 Å². The van der Waals surface area contributed by atoms with Crippen molar-refractivity contribution in [1.29, 1.82) is 0 Å². The quantitative estimate of drug-likeness (QED) is 0.811. The maximum absolute atomic E-state index is 4.26. The third-order valence-electron chi connectivity index (χ3n) is 3.42. The molecule has 4 heteroatoms. The third kappa shape index (κ3) is 2.28. The van der Waals surface area contributed by atoms with Crippen LogP contribution in [0.2, 0.25) is 0 Å². The monoisotopic (exact) mass is 222 g/mol. The Bertz CT molecular complexity index is 330. The van der Waals surface area contributed by atoms with Gasteiger partial charge in [0.1, 0.15) is 0 Å². The second kappa shape index (κ2) is 4.97. The summed E-state index contributed by atoms with van der Waals surface area (Å²) in [5.41, 5.74) is 1.32. The molecule has 1 fully saturated rings. The van der Waals surface area contributed by atoms with Gasteiger partial charge in [0.25, 0.3) is 0 Å². The van der Waals surface area contributed by atoms with Crippen molar-refractivity contribution < 1.29 is 0 Å². The van der Waals surface area contributed by atoms with Gasteiger partial charge in [0, 0.05) is 44.0 Å². The lowest BCUT2D eigenvalue weighted by atomic mass is 10.0. The van der Waals surface area contributed by atoms with Crippen LogP contribution in [0.3, 0.4) is 0 Å². The lowest BCUT2D eigenvalue weighted by molar-refractivity contribution is 0.103. The maximum Gasteiger partial charge on any atom is 0.0537 e. The third-order valence-corrected chi connectivity index (χ3v) is 3.42. The Kier molecular flexibility index (Phi) is 3.61. The molecule has 0 radical (unpaired) electrons. The Hall–Kier alpha value is -0.870. The molecule has 0 bridgehead atoms. The highest BCUT2D eigenvalue weighted by atomic mass is 15.3. The Morgan fingerprint density at radius 1 is 1.62 bits per heavy atom. The smallest absolute Gasteiger partial charge is 0.0537 e. The van der Waals surface area contributed by atoms with Crippen LogP contribution in [0.4, 0.5) is 0 Å². The second-order valence-electron chi connectivity index (χ2n) is 4.67. The first-order chi connectivity index (χ1) is 7.72. The predicted octanol–water partition coefficient (Wildman–Crippen LogP) is 1.16. The summed E-state index contributed by atoms with van der Waals surface area (Å²) in [6.07, 6.45) is 5.32. The standard InChI is InChI=1S/C12H22N4/c1-4-5-16(12-7-13-8-12)10(2)11-6-14-15(3)9-11/h6,9-10,12-13H,4-5,7-8H2,1-3H3. The number of aryl methyl sites for hydroxylation is 1. The molecule has 0 aliphatic carbocycles. The van der Waals surface area contributed by atoms with Crippen molar-refractivity contribution in [3.8, 4) is 0 Å². The van der Waals surface area contributed by atoms with Crippen LogP contribution in [-0.2, 0) is 7.05 Å². The van der Waals surface area contributed by atoms with Crippen LogP contribution in [0.15, 0.2) is 12.4 Å². The summed E-state index contributed by atoms with van der Waals surface area (Å²) in [5.74, 6) is 0. The molecule has 2 heterocycles. The fourth-order valence-corrected chi connectivity index (χ4v) is 2.31. The minimum absolute atomic E-state index is 0.473. The van der Waals surface area contributed by atoms with Gasteiger partial charge in [-0.05, 0) is 19.9 Å². The fraction of sp³-hybridized carbons (Fsp3) is 0.750. The summed E-state index contributed by atoms with van der Waals surface area (Å²) >= 11 is 0. The molecule has 4 nitrogen and oxygen atoms in total. The SMILES string of the molecule is CCCN(C1CNC1)C(C)c1cnn(C)c1. The van der Waals surface area contributed by atoms with Gasteiger partial charge in [-0.1, -0.05) is 6.92 Å². The summed E-state index contributed by atoms with van der Waals surface area (Å²) in [7, 11) is 1.98. The first-order valence-electron chi connectivity index (χ1n) is 6.17.